The first-order chi connectivity index (χ1) is 39.0. The number of hydrogen-bond donors (Lipinski definition) is 0. The molecule has 0 amide bonds. The fourth-order valence-corrected chi connectivity index (χ4v) is 16.9. The van der Waals surface area contributed by atoms with Crippen molar-refractivity contribution in [1.29, 1.82) is 0 Å². The van der Waals surface area contributed by atoms with Crippen LogP contribution in [0.25, 0.3) is 33.2 Å². The van der Waals surface area contributed by atoms with Gasteiger partial charge in [-0.15, -0.1) is 0 Å². The molecule has 5 heteroatoms. The largest absolute Gasteiger partial charge is 0.440 e. The van der Waals surface area contributed by atoms with E-state index in [1.165, 1.54) is 123 Å². The average Bonchev–Trinajstić information content (AvgIpc) is 1.78. The number of fused-ring (bicyclic) bond motifs is 9. The number of rotatable bonds is 5. The van der Waals surface area contributed by atoms with E-state index in [0.717, 1.165) is 49.3 Å². The van der Waals surface area contributed by atoms with Crippen molar-refractivity contribution in [3.05, 3.63) is 166 Å². The van der Waals surface area contributed by atoms with Gasteiger partial charge in [0, 0.05) is 39.2 Å². The Balaban J connectivity index is 1.21. The molecule has 84 heavy (non-hydrogen) atoms. The number of anilines is 6. The van der Waals surface area contributed by atoms with Crippen molar-refractivity contribution < 1.29 is 4.42 Å². The van der Waals surface area contributed by atoms with E-state index >= 15 is 0 Å². The topological polar surface area (TPSA) is 19.6 Å². The molecule has 0 atom stereocenters. The smallest absolute Gasteiger partial charge is 0.257 e. The van der Waals surface area contributed by atoms with E-state index in [1.54, 1.807) is 0 Å². The monoisotopic (exact) mass is 1130 g/mol. The Morgan fingerprint density at radius 1 is 0.405 bits per heavy atom. The average molecular weight is 1130 g/mol. The van der Waals surface area contributed by atoms with Gasteiger partial charge < -0.3 is 9.32 Å². The quantitative estimate of drug-likeness (QED) is 0.160. The number of nitrogens with zero attached hydrogens (tertiary/aromatic N) is 2. The molecule has 13 rings (SSSR count). The number of hydrogen-bond acceptors (Lipinski definition) is 3. The zero-order chi connectivity index (χ0) is 60.2. The minimum absolute atomic E-state index is 0.000486. The van der Waals surface area contributed by atoms with Crippen molar-refractivity contribution in [2.45, 2.75) is 226 Å². The van der Waals surface area contributed by atoms with Crippen LogP contribution >= 0.6 is 0 Å². The number of furan rings is 1. The van der Waals surface area contributed by atoms with E-state index in [0.29, 0.717) is 0 Å². The van der Waals surface area contributed by atoms with E-state index in [1.807, 2.05) is 0 Å². The lowest BCUT2D eigenvalue weighted by atomic mass is 9.33. The van der Waals surface area contributed by atoms with Crippen molar-refractivity contribution in [2.24, 2.45) is 0 Å². The molecular formula is C79H95BN2OSi. The zero-order valence-electron chi connectivity index (χ0n) is 55.2. The Morgan fingerprint density at radius 2 is 0.881 bits per heavy atom. The Morgan fingerprint density at radius 3 is 1.43 bits per heavy atom. The molecular weight excluding hydrogens is 1030 g/mol. The lowest BCUT2D eigenvalue weighted by Gasteiger charge is -2.47. The maximum atomic E-state index is 7.86. The Labute approximate surface area is 507 Å². The van der Waals surface area contributed by atoms with Crippen molar-refractivity contribution >= 4 is 81.7 Å². The van der Waals surface area contributed by atoms with Gasteiger partial charge in [-0.2, -0.15) is 0 Å². The molecule has 0 fully saturated rings. The molecule has 0 spiro atoms. The maximum absolute atomic E-state index is 7.86. The highest BCUT2D eigenvalue weighted by Gasteiger charge is 2.51. The van der Waals surface area contributed by atoms with E-state index in [2.05, 4.69) is 275 Å². The first-order valence-electron chi connectivity index (χ1n) is 32.1. The van der Waals surface area contributed by atoms with Crippen LogP contribution in [0.3, 0.4) is 0 Å². The summed E-state index contributed by atoms with van der Waals surface area (Å²) in [7, 11) is -1.59. The van der Waals surface area contributed by atoms with Gasteiger partial charge in [-0.3, -0.25) is 4.90 Å². The minimum Gasteiger partial charge on any atom is -0.440 e. The lowest BCUT2D eigenvalue weighted by molar-refractivity contribution is 0.332. The summed E-state index contributed by atoms with van der Waals surface area (Å²) >= 11 is 0. The van der Waals surface area contributed by atoms with Crippen LogP contribution in [-0.4, -0.2) is 14.8 Å². The molecule has 0 N–H and O–H groups in total. The molecule has 0 radical (unpaired) electrons. The van der Waals surface area contributed by atoms with Gasteiger partial charge in [0.2, 0.25) is 5.88 Å². The van der Waals surface area contributed by atoms with Gasteiger partial charge >= 0.3 is 0 Å². The van der Waals surface area contributed by atoms with Crippen molar-refractivity contribution in [3.63, 3.8) is 0 Å². The van der Waals surface area contributed by atoms with Gasteiger partial charge in [-0.1, -0.05) is 216 Å². The minimum atomic E-state index is -1.59. The van der Waals surface area contributed by atoms with Crippen LogP contribution in [0.1, 0.15) is 208 Å². The third-order valence-corrected chi connectivity index (χ3v) is 24.0. The first kappa shape index (κ1) is 57.1. The predicted octanol–water partition coefficient (Wildman–Crippen LogP) is 20.0. The van der Waals surface area contributed by atoms with Crippen molar-refractivity contribution in [1.82, 2.24) is 0 Å². The molecule has 1 aromatic heterocycles. The highest BCUT2D eigenvalue weighted by Crippen LogP contribution is 2.56. The molecule has 0 saturated carbocycles. The SMILES string of the molecule is CC(C)(C)c1ccc(-c2cc3c4c(c2)N(c2ccc5c(c2)C(C)(C)CCC5(C)C)c2oc5cc6c(cc5c2B4c2cc4c(cc2N3c2ccc(C(C)(C)C)cc2-c2ccc([Si](C)(C)C)cc2)C(C)(C)CCC4(C)C)C(C)(C)CCC6(C)C)cc1. The summed E-state index contributed by atoms with van der Waals surface area (Å²) in [5.41, 5.74) is 27.4. The van der Waals surface area contributed by atoms with E-state index < -0.39 is 8.07 Å². The molecule has 3 heterocycles. The molecule has 3 aliphatic carbocycles. The molecule has 3 nitrogen and oxygen atoms in total. The second kappa shape index (κ2) is 18.3. The van der Waals surface area contributed by atoms with Gasteiger partial charge in [-0.25, -0.2) is 0 Å². The fraction of sp³-hybridized carbons (Fsp3) is 0.443. The van der Waals surface area contributed by atoms with Gasteiger partial charge in [0.15, 0.2) is 0 Å². The fourth-order valence-electron chi connectivity index (χ4n) is 15.8. The Kier molecular flexibility index (Phi) is 12.4. The summed E-state index contributed by atoms with van der Waals surface area (Å²) in [6.07, 6.45) is 6.87. The van der Waals surface area contributed by atoms with Crippen LogP contribution in [0, 0.1) is 0 Å². The van der Waals surface area contributed by atoms with Crippen LogP contribution in [0.5, 0.6) is 0 Å². The highest BCUT2D eigenvalue weighted by atomic mass is 28.3. The second-order valence-electron chi connectivity index (χ2n) is 33.9. The van der Waals surface area contributed by atoms with Crippen LogP contribution < -0.4 is 31.4 Å². The summed E-state index contributed by atoms with van der Waals surface area (Å²) in [5.74, 6) is 0.953. The van der Waals surface area contributed by atoms with E-state index in [-0.39, 0.29) is 50.0 Å². The number of benzene rings is 7. The van der Waals surface area contributed by atoms with Gasteiger partial charge in [-0.05, 0) is 209 Å². The first-order valence-corrected chi connectivity index (χ1v) is 35.6. The van der Waals surface area contributed by atoms with Crippen LogP contribution in [0.15, 0.2) is 126 Å². The molecule has 2 aliphatic heterocycles. The normalized spacial score (nSPS) is 19.5. The Hall–Kier alpha value is -6.04. The molecule has 0 unspecified atom stereocenters. The molecule has 8 aromatic rings. The third kappa shape index (κ3) is 8.90. The Bertz CT molecular complexity index is 4030. The summed E-state index contributed by atoms with van der Waals surface area (Å²) < 4.78 is 7.86. The molecule has 0 saturated heterocycles. The second-order valence-corrected chi connectivity index (χ2v) is 39.0. The van der Waals surface area contributed by atoms with E-state index in [4.69, 9.17) is 4.42 Å². The van der Waals surface area contributed by atoms with Crippen molar-refractivity contribution in [3.8, 4) is 22.3 Å². The van der Waals surface area contributed by atoms with Crippen LogP contribution in [0.2, 0.25) is 19.6 Å². The van der Waals surface area contributed by atoms with Crippen molar-refractivity contribution in [2.75, 3.05) is 9.80 Å². The predicted molar refractivity (Wildman–Crippen MR) is 367 cm³/mol. The standard InChI is InChI=1S/C79H95BN2OSi/c1-72(2,3)51-26-22-48(23-27-51)50-40-66-70-67(41-50)82(64-33-28-52(73(4,5)6)42-55(64)49-24-30-54(31-25-49)84(19,20)21)65-46-61-60(77(13,14)37-38-78(61,15)16)45-63(65)80(70)69-56-44-59-62(79(17,18)39-36-76(59,11)12)47-68(56)83-71(69)81(66)53-29-32-57-58(43-53)75(9,10)35-34-74(57,7)8/h22-33,40-47H,34-39H2,1-21H3. The molecule has 0 bridgehead atoms. The summed E-state index contributed by atoms with van der Waals surface area (Å²) in [6.45, 7) is 51.1. The van der Waals surface area contributed by atoms with Crippen LogP contribution in [-0.2, 0) is 43.3 Å². The van der Waals surface area contributed by atoms with Gasteiger partial charge in [0.1, 0.15) is 5.58 Å². The lowest BCUT2D eigenvalue weighted by Crippen LogP contribution is -2.61. The molecule has 434 valence electrons. The van der Waals surface area contributed by atoms with Crippen LogP contribution in [0.4, 0.5) is 34.3 Å². The summed E-state index contributed by atoms with van der Waals surface area (Å²) in [5, 5.41) is 2.73. The zero-order valence-corrected chi connectivity index (χ0v) is 56.2. The molecule has 5 aliphatic rings. The van der Waals surface area contributed by atoms with Gasteiger partial charge in [0.05, 0.1) is 13.8 Å². The summed E-state index contributed by atoms with van der Waals surface area (Å²) in [4.78, 5) is 5.35. The summed E-state index contributed by atoms with van der Waals surface area (Å²) in [6, 6.07) is 49.8. The highest BCUT2D eigenvalue weighted by molar-refractivity contribution is 7.01. The molecule has 7 aromatic carbocycles. The maximum Gasteiger partial charge on any atom is 0.257 e. The van der Waals surface area contributed by atoms with E-state index in [9.17, 15) is 0 Å². The third-order valence-electron chi connectivity index (χ3n) is 22.0. The van der Waals surface area contributed by atoms with Gasteiger partial charge in [0.25, 0.3) is 6.71 Å².